The molecule has 84 valence electrons. The molecule has 0 spiro atoms. The van der Waals surface area contributed by atoms with Crippen molar-refractivity contribution in [2.75, 3.05) is 6.54 Å². The number of carbonyl (C=O) groups excluding carboxylic acids is 1. The highest BCUT2D eigenvalue weighted by Crippen LogP contribution is 2.06. The number of nitrogens with zero attached hydrogens (tertiary/aromatic N) is 1. The van der Waals surface area contributed by atoms with Gasteiger partial charge in [0.15, 0.2) is 0 Å². The van der Waals surface area contributed by atoms with Crippen LogP contribution < -0.4 is 11.1 Å². The lowest BCUT2D eigenvalue weighted by Gasteiger charge is -2.21. The predicted octanol–water partition coefficient (Wildman–Crippen LogP) is 0.929. The van der Waals surface area contributed by atoms with E-state index in [4.69, 9.17) is 5.73 Å². The van der Waals surface area contributed by atoms with E-state index in [-0.39, 0.29) is 5.91 Å². The molecule has 0 saturated carbocycles. The van der Waals surface area contributed by atoms with Crippen molar-refractivity contribution in [3.05, 3.63) is 16.6 Å². The fourth-order valence-electron chi connectivity index (χ4n) is 1.02. The number of amides is 1. The van der Waals surface area contributed by atoms with Crippen molar-refractivity contribution in [2.24, 2.45) is 5.73 Å². The predicted molar refractivity (Wildman–Crippen MR) is 61.7 cm³/mol. The molecule has 1 rings (SSSR count). The number of nitrogens with one attached hydrogen (secondary N) is 1. The summed E-state index contributed by atoms with van der Waals surface area (Å²) in [6.07, 6.45) is 3.17. The van der Waals surface area contributed by atoms with Crippen LogP contribution in [0.1, 0.15) is 25.3 Å². The first-order valence-electron chi connectivity index (χ1n) is 5.02. The summed E-state index contributed by atoms with van der Waals surface area (Å²) in [5.74, 6) is -0.0958. The summed E-state index contributed by atoms with van der Waals surface area (Å²) in [5.41, 5.74) is 5.03. The first-order valence-corrected chi connectivity index (χ1v) is 5.90. The molecule has 5 heteroatoms. The Labute approximate surface area is 93.9 Å². The average molecular weight is 227 g/mol. The molecule has 1 atom stereocenters. The van der Waals surface area contributed by atoms with Gasteiger partial charge < -0.3 is 11.1 Å². The molecule has 0 aromatic carbocycles. The molecule has 15 heavy (non-hydrogen) atoms. The summed E-state index contributed by atoms with van der Waals surface area (Å²) in [4.78, 5) is 15.7. The van der Waals surface area contributed by atoms with Gasteiger partial charge in [-0.3, -0.25) is 4.79 Å². The van der Waals surface area contributed by atoms with Gasteiger partial charge in [-0.25, -0.2) is 4.98 Å². The van der Waals surface area contributed by atoms with Crippen molar-refractivity contribution in [3.8, 4) is 0 Å². The highest BCUT2D eigenvalue weighted by molar-refractivity contribution is 7.09. The number of nitrogens with two attached hydrogens (primary N) is 1. The highest BCUT2D eigenvalue weighted by atomic mass is 32.1. The monoisotopic (exact) mass is 227 g/mol. The van der Waals surface area contributed by atoms with Crippen LogP contribution in [0.2, 0.25) is 0 Å². The Morgan fingerprint density at radius 3 is 3.00 bits per heavy atom. The van der Waals surface area contributed by atoms with Crippen molar-refractivity contribution >= 4 is 17.2 Å². The zero-order valence-corrected chi connectivity index (χ0v) is 9.93. The number of aromatic nitrogens is 1. The van der Waals surface area contributed by atoms with E-state index in [9.17, 15) is 4.79 Å². The molecule has 1 unspecified atom stereocenters. The zero-order valence-electron chi connectivity index (χ0n) is 9.12. The molecule has 0 bridgehead atoms. The normalized spacial score (nSPS) is 14.6. The maximum atomic E-state index is 11.6. The van der Waals surface area contributed by atoms with Crippen LogP contribution in [0.15, 0.2) is 11.6 Å². The third-order valence-corrected chi connectivity index (χ3v) is 3.20. The Hall–Kier alpha value is -0.940. The van der Waals surface area contributed by atoms with Crippen LogP contribution in [0.5, 0.6) is 0 Å². The first-order chi connectivity index (χ1) is 7.06. The van der Waals surface area contributed by atoms with Crippen LogP contribution in [0.4, 0.5) is 0 Å². The van der Waals surface area contributed by atoms with Gasteiger partial charge in [-0.05, 0) is 13.3 Å². The number of thiazole rings is 1. The second kappa shape index (κ2) is 5.23. The van der Waals surface area contributed by atoms with Crippen molar-refractivity contribution < 1.29 is 4.79 Å². The highest BCUT2D eigenvalue weighted by Gasteiger charge is 2.25. The van der Waals surface area contributed by atoms with Crippen molar-refractivity contribution in [1.29, 1.82) is 0 Å². The summed E-state index contributed by atoms with van der Waals surface area (Å²) in [7, 11) is 0. The van der Waals surface area contributed by atoms with Crippen molar-refractivity contribution in [2.45, 2.75) is 32.2 Å². The standard InChI is InChI=1S/C10H17N3OS/c1-3-10(2,11)9(14)13-5-4-8-12-6-7-15-8/h6-7H,3-5,11H2,1-2H3,(H,13,14). The summed E-state index contributed by atoms with van der Waals surface area (Å²) in [6.45, 7) is 4.24. The van der Waals surface area contributed by atoms with Gasteiger partial charge in [-0.2, -0.15) is 0 Å². The summed E-state index contributed by atoms with van der Waals surface area (Å²) in [6, 6.07) is 0. The molecule has 0 radical (unpaired) electrons. The molecule has 4 nitrogen and oxygen atoms in total. The minimum atomic E-state index is -0.761. The largest absolute Gasteiger partial charge is 0.354 e. The van der Waals surface area contributed by atoms with E-state index in [0.717, 1.165) is 11.4 Å². The van der Waals surface area contributed by atoms with Gasteiger partial charge in [0, 0.05) is 24.5 Å². The fourth-order valence-corrected chi connectivity index (χ4v) is 1.64. The minimum Gasteiger partial charge on any atom is -0.354 e. The fraction of sp³-hybridized carbons (Fsp3) is 0.600. The SMILES string of the molecule is CCC(C)(N)C(=O)NCCc1nccs1. The van der Waals surface area contributed by atoms with E-state index in [0.29, 0.717) is 13.0 Å². The van der Waals surface area contributed by atoms with Gasteiger partial charge in [-0.1, -0.05) is 6.92 Å². The van der Waals surface area contributed by atoms with Crippen LogP contribution >= 0.6 is 11.3 Å². The Morgan fingerprint density at radius 1 is 1.73 bits per heavy atom. The molecule has 1 heterocycles. The van der Waals surface area contributed by atoms with E-state index in [1.165, 1.54) is 0 Å². The van der Waals surface area contributed by atoms with Gasteiger partial charge in [0.25, 0.3) is 0 Å². The lowest BCUT2D eigenvalue weighted by atomic mass is 10.00. The number of hydrogen-bond acceptors (Lipinski definition) is 4. The number of hydrogen-bond donors (Lipinski definition) is 2. The van der Waals surface area contributed by atoms with E-state index >= 15 is 0 Å². The maximum Gasteiger partial charge on any atom is 0.239 e. The van der Waals surface area contributed by atoms with Crippen LogP contribution in [-0.2, 0) is 11.2 Å². The first kappa shape index (κ1) is 12.1. The molecule has 1 aromatic rings. The molecule has 0 aliphatic rings. The van der Waals surface area contributed by atoms with Gasteiger partial charge in [0.2, 0.25) is 5.91 Å². The molecule has 1 aromatic heterocycles. The van der Waals surface area contributed by atoms with E-state index < -0.39 is 5.54 Å². The second-order valence-corrected chi connectivity index (χ2v) is 4.68. The third kappa shape index (κ3) is 3.60. The van der Waals surface area contributed by atoms with E-state index in [1.54, 1.807) is 24.5 Å². The topological polar surface area (TPSA) is 68.0 Å². The summed E-state index contributed by atoms with van der Waals surface area (Å²) >= 11 is 1.59. The molecular formula is C10H17N3OS. The van der Waals surface area contributed by atoms with Crippen molar-refractivity contribution in [3.63, 3.8) is 0 Å². The van der Waals surface area contributed by atoms with Crippen molar-refractivity contribution in [1.82, 2.24) is 10.3 Å². The van der Waals surface area contributed by atoms with Gasteiger partial charge in [0.1, 0.15) is 0 Å². The Kier molecular flexibility index (Phi) is 4.23. The molecule has 0 aliphatic heterocycles. The van der Waals surface area contributed by atoms with Gasteiger partial charge >= 0.3 is 0 Å². The molecular weight excluding hydrogens is 210 g/mol. The molecule has 1 amide bonds. The maximum absolute atomic E-state index is 11.6. The Balaban J connectivity index is 2.29. The lowest BCUT2D eigenvalue weighted by Crippen LogP contribution is -2.51. The molecule has 0 aliphatic carbocycles. The number of rotatable bonds is 5. The van der Waals surface area contributed by atoms with Crippen LogP contribution in [-0.4, -0.2) is 23.0 Å². The Bertz CT molecular complexity index is 308. The van der Waals surface area contributed by atoms with E-state index in [1.807, 2.05) is 12.3 Å². The third-order valence-electron chi connectivity index (χ3n) is 2.36. The smallest absolute Gasteiger partial charge is 0.239 e. The molecule has 3 N–H and O–H groups in total. The van der Waals surface area contributed by atoms with Gasteiger partial charge in [0.05, 0.1) is 10.5 Å². The second-order valence-electron chi connectivity index (χ2n) is 3.70. The van der Waals surface area contributed by atoms with Crippen LogP contribution in [0, 0.1) is 0 Å². The van der Waals surface area contributed by atoms with Gasteiger partial charge in [-0.15, -0.1) is 11.3 Å². The molecule has 0 saturated heterocycles. The summed E-state index contributed by atoms with van der Waals surface area (Å²) in [5, 5.41) is 5.77. The summed E-state index contributed by atoms with van der Waals surface area (Å²) < 4.78 is 0. The van der Waals surface area contributed by atoms with Crippen LogP contribution in [0.3, 0.4) is 0 Å². The minimum absolute atomic E-state index is 0.0958. The number of carbonyl (C=O) groups is 1. The average Bonchev–Trinajstić information content (AvgIpc) is 2.70. The zero-order chi connectivity index (χ0) is 11.3. The quantitative estimate of drug-likeness (QED) is 0.786. The van der Waals surface area contributed by atoms with Crippen LogP contribution in [0.25, 0.3) is 0 Å². The Morgan fingerprint density at radius 2 is 2.47 bits per heavy atom. The lowest BCUT2D eigenvalue weighted by molar-refractivity contribution is -0.125. The van der Waals surface area contributed by atoms with E-state index in [2.05, 4.69) is 10.3 Å². The molecule has 0 fully saturated rings.